The molecule has 0 aromatic heterocycles. The molecule has 0 aromatic carbocycles. The van der Waals surface area contributed by atoms with Gasteiger partial charge >= 0.3 is 0 Å². The molecule has 1 saturated heterocycles. The third-order valence-corrected chi connectivity index (χ3v) is 7.70. The number of carbonyl (C=O) groups is 1. The molecule has 0 aromatic rings. The van der Waals surface area contributed by atoms with E-state index in [0.29, 0.717) is 5.91 Å². The quantitative estimate of drug-likeness (QED) is 0.117. The fourth-order valence-electron chi connectivity index (χ4n) is 5.38. The van der Waals surface area contributed by atoms with Crippen molar-refractivity contribution in [3.8, 4) is 0 Å². The molecule has 196 valence electrons. The van der Waals surface area contributed by atoms with Crippen molar-refractivity contribution in [2.75, 3.05) is 13.1 Å². The van der Waals surface area contributed by atoms with Gasteiger partial charge in [0.2, 0.25) is 5.91 Å². The van der Waals surface area contributed by atoms with Gasteiger partial charge in [0, 0.05) is 19.5 Å². The van der Waals surface area contributed by atoms with Gasteiger partial charge in [0.15, 0.2) is 0 Å². The summed E-state index contributed by atoms with van der Waals surface area (Å²) in [5.74, 6) is 0.388. The number of unbranched alkanes of at least 4 members (excludes halogenated alkanes) is 24. The van der Waals surface area contributed by atoms with Crippen molar-refractivity contribution in [1.82, 2.24) is 4.90 Å². The maximum absolute atomic E-state index is 11.6. The maximum atomic E-state index is 11.6. The highest BCUT2D eigenvalue weighted by Gasteiger charge is 2.18. The van der Waals surface area contributed by atoms with Crippen molar-refractivity contribution in [3.63, 3.8) is 0 Å². The molecule has 0 N–H and O–H groups in total. The lowest BCUT2D eigenvalue weighted by Gasteiger charge is -2.14. The second-order valence-electron chi connectivity index (χ2n) is 11.0. The van der Waals surface area contributed by atoms with E-state index in [-0.39, 0.29) is 0 Å². The number of nitrogens with zero attached hydrogens (tertiary/aromatic N) is 1. The van der Waals surface area contributed by atoms with Gasteiger partial charge in [-0.3, -0.25) is 4.79 Å². The highest BCUT2D eigenvalue weighted by Crippen LogP contribution is 2.16. The molecule has 2 nitrogen and oxygen atoms in total. The minimum absolute atomic E-state index is 0.388. The highest BCUT2D eigenvalue weighted by atomic mass is 16.2. The maximum Gasteiger partial charge on any atom is 0.222 e. The van der Waals surface area contributed by atoms with Gasteiger partial charge in [0.05, 0.1) is 0 Å². The summed E-state index contributed by atoms with van der Waals surface area (Å²) in [6.07, 6.45) is 37.8. The summed E-state index contributed by atoms with van der Waals surface area (Å²) in [7, 11) is 0. The monoisotopic (exact) mass is 463 g/mol. The predicted octanol–water partition coefficient (Wildman–Crippen LogP) is 10.4. The SMILES string of the molecule is CCCCCCCCCCCCCCCCCCCCCCCCCCCN1CCCC1=O. The molecule has 0 atom stereocenters. The van der Waals surface area contributed by atoms with Crippen molar-refractivity contribution < 1.29 is 4.79 Å². The van der Waals surface area contributed by atoms with Gasteiger partial charge in [-0.1, -0.05) is 161 Å². The third-order valence-electron chi connectivity index (χ3n) is 7.70. The second kappa shape index (κ2) is 24.6. The molecule has 0 saturated carbocycles. The van der Waals surface area contributed by atoms with Crippen molar-refractivity contribution in [3.05, 3.63) is 0 Å². The van der Waals surface area contributed by atoms with E-state index in [4.69, 9.17) is 0 Å². The molecule has 1 aliphatic heterocycles. The van der Waals surface area contributed by atoms with Gasteiger partial charge in [-0.2, -0.15) is 0 Å². The number of amides is 1. The van der Waals surface area contributed by atoms with Crippen LogP contribution in [0.1, 0.15) is 180 Å². The molecule has 0 aliphatic carbocycles. The second-order valence-corrected chi connectivity index (χ2v) is 11.0. The van der Waals surface area contributed by atoms with E-state index >= 15 is 0 Å². The molecule has 1 fully saturated rings. The molecule has 0 bridgehead atoms. The van der Waals surface area contributed by atoms with E-state index in [1.165, 1.54) is 161 Å². The van der Waals surface area contributed by atoms with Gasteiger partial charge < -0.3 is 4.90 Å². The Balaban J connectivity index is 1.63. The zero-order valence-corrected chi connectivity index (χ0v) is 22.9. The first kappa shape index (κ1) is 30.5. The summed E-state index contributed by atoms with van der Waals surface area (Å²) in [5, 5.41) is 0. The van der Waals surface area contributed by atoms with Crippen LogP contribution in [0.15, 0.2) is 0 Å². The fourth-order valence-corrected chi connectivity index (χ4v) is 5.38. The van der Waals surface area contributed by atoms with E-state index in [1.807, 2.05) is 0 Å². The largest absolute Gasteiger partial charge is 0.343 e. The number of hydrogen-bond acceptors (Lipinski definition) is 1. The van der Waals surface area contributed by atoms with Crippen LogP contribution in [0.5, 0.6) is 0 Å². The van der Waals surface area contributed by atoms with Crippen LogP contribution in [0.3, 0.4) is 0 Å². The van der Waals surface area contributed by atoms with E-state index in [9.17, 15) is 4.79 Å². The van der Waals surface area contributed by atoms with Gasteiger partial charge in [0.1, 0.15) is 0 Å². The highest BCUT2D eigenvalue weighted by molar-refractivity contribution is 5.77. The summed E-state index contributed by atoms with van der Waals surface area (Å²) in [6, 6.07) is 0. The van der Waals surface area contributed by atoms with Crippen LogP contribution in [0.2, 0.25) is 0 Å². The Bertz CT molecular complexity index is 408. The van der Waals surface area contributed by atoms with Gasteiger partial charge in [0.25, 0.3) is 0 Å². The van der Waals surface area contributed by atoms with Crippen molar-refractivity contribution >= 4 is 5.91 Å². The Morgan fingerprint density at radius 1 is 0.485 bits per heavy atom. The lowest BCUT2D eigenvalue weighted by atomic mass is 10.0. The Labute approximate surface area is 209 Å². The Morgan fingerprint density at radius 3 is 1.06 bits per heavy atom. The Hall–Kier alpha value is -0.530. The average molecular weight is 464 g/mol. The number of likely N-dealkylation sites (tertiary alicyclic amines) is 1. The molecule has 1 amide bonds. The van der Waals surface area contributed by atoms with Gasteiger partial charge in [-0.05, 0) is 12.8 Å². The normalized spacial score (nSPS) is 14.0. The number of rotatable bonds is 26. The minimum Gasteiger partial charge on any atom is -0.343 e. The lowest BCUT2D eigenvalue weighted by molar-refractivity contribution is -0.127. The summed E-state index contributed by atoms with van der Waals surface area (Å²) >= 11 is 0. The molecular formula is C31H61NO. The van der Waals surface area contributed by atoms with Crippen molar-refractivity contribution in [2.24, 2.45) is 0 Å². The molecular weight excluding hydrogens is 402 g/mol. The van der Waals surface area contributed by atoms with Crippen molar-refractivity contribution in [2.45, 2.75) is 180 Å². The third kappa shape index (κ3) is 20.5. The van der Waals surface area contributed by atoms with Crippen LogP contribution in [-0.4, -0.2) is 23.9 Å². The summed E-state index contributed by atoms with van der Waals surface area (Å²) in [4.78, 5) is 13.6. The smallest absolute Gasteiger partial charge is 0.222 e. The zero-order valence-electron chi connectivity index (χ0n) is 22.9. The van der Waals surface area contributed by atoms with E-state index in [1.54, 1.807) is 0 Å². The minimum atomic E-state index is 0.388. The molecule has 2 heteroatoms. The topological polar surface area (TPSA) is 20.3 Å². The first-order valence-electron chi connectivity index (χ1n) is 15.6. The van der Waals surface area contributed by atoms with Gasteiger partial charge in [-0.15, -0.1) is 0 Å². The van der Waals surface area contributed by atoms with E-state index in [0.717, 1.165) is 25.9 Å². The molecule has 0 spiro atoms. The first-order chi connectivity index (χ1) is 16.3. The molecule has 0 unspecified atom stereocenters. The van der Waals surface area contributed by atoms with Crippen molar-refractivity contribution in [1.29, 1.82) is 0 Å². The Morgan fingerprint density at radius 2 is 0.788 bits per heavy atom. The molecule has 33 heavy (non-hydrogen) atoms. The van der Waals surface area contributed by atoms with Crippen LogP contribution in [0.4, 0.5) is 0 Å². The van der Waals surface area contributed by atoms with E-state index in [2.05, 4.69) is 11.8 Å². The van der Waals surface area contributed by atoms with E-state index < -0.39 is 0 Å². The van der Waals surface area contributed by atoms with Crippen LogP contribution in [0.25, 0.3) is 0 Å². The predicted molar refractivity (Wildman–Crippen MR) is 147 cm³/mol. The summed E-state index contributed by atoms with van der Waals surface area (Å²) < 4.78 is 0. The summed E-state index contributed by atoms with van der Waals surface area (Å²) in [5.41, 5.74) is 0. The zero-order chi connectivity index (χ0) is 23.7. The average Bonchev–Trinajstić information content (AvgIpc) is 3.23. The van der Waals surface area contributed by atoms with Gasteiger partial charge in [-0.25, -0.2) is 0 Å². The number of hydrogen-bond donors (Lipinski definition) is 0. The molecule has 1 aliphatic rings. The molecule has 1 rings (SSSR count). The summed E-state index contributed by atoms with van der Waals surface area (Å²) in [6.45, 7) is 4.33. The molecule has 1 heterocycles. The van der Waals surface area contributed by atoms with Crippen LogP contribution in [-0.2, 0) is 4.79 Å². The number of carbonyl (C=O) groups excluding carboxylic acids is 1. The Kier molecular flexibility index (Phi) is 22.7. The molecule has 0 radical (unpaired) electrons. The fraction of sp³-hybridized carbons (Fsp3) is 0.968. The first-order valence-corrected chi connectivity index (χ1v) is 15.6. The lowest BCUT2D eigenvalue weighted by Crippen LogP contribution is -2.25. The standard InChI is InChI=1S/C31H61NO/c1-2-3-4-5-6-7-8-9-10-11-12-13-14-15-16-17-18-19-20-21-22-23-24-25-26-29-32-30-27-28-31(32)33/h2-30H2,1H3. The van der Waals surface area contributed by atoms with Crippen LogP contribution in [0, 0.1) is 0 Å². The van der Waals surface area contributed by atoms with Crippen LogP contribution < -0.4 is 0 Å². The van der Waals surface area contributed by atoms with Crippen LogP contribution >= 0.6 is 0 Å².